The van der Waals surface area contributed by atoms with E-state index in [1.165, 1.54) is 12.8 Å². The molecule has 0 fully saturated rings. The van der Waals surface area contributed by atoms with Crippen LogP contribution in [0.4, 0.5) is 0 Å². The Hall–Kier alpha value is -0.610. The molecule has 0 unspecified atom stereocenters. The fourth-order valence-corrected chi connectivity index (χ4v) is 1.61. The minimum Gasteiger partial charge on any atom is -0.492 e. The smallest absolute Gasteiger partial charge is 0.138 e. The SMILES string of the molecule is NCCCCCCOc1cncc(Br)c1. The van der Waals surface area contributed by atoms with Gasteiger partial charge in [-0.1, -0.05) is 12.8 Å². The molecule has 2 N–H and O–H groups in total. The van der Waals surface area contributed by atoms with Crippen LogP contribution in [0, 0.1) is 0 Å². The van der Waals surface area contributed by atoms with E-state index in [4.69, 9.17) is 10.5 Å². The second-order valence-electron chi connectivity index (χ2n) is 3.39. The molecule has 0 radical (unpaired) electrons. The number of unbranched alkanes of at least 4 members (excludes halogenated alkanes) is 3. The third-order valence-electron chi connectivity index (χ3n) is 2.05. The zero-order valence-electron chi connectivity index (χ0n) is 8.79. The number of aromatic nitrogens is 1. The molecule has 0 aliphatic carbocycles. The highest BCUT2D eigenvalue weighted by atomic mass is 79.9. The van der Waals surface area contributed by atoms with Crippen molar-refractivity contribution in [3.8, 4) is 5.75 Å². The first kappa shape index (κ1) is 12.5. The monoisotopic (exact) mass is 272 g/mol. The number of halogens is 1. The van der Waals surface area contributed by atoms with Crippen LogP contribution in [0.5, 0.6) is 5.75 Å². The second-order valence-corrected chi connectivity index (χ2v) is 4.31. The molecule has 0 atom stereocenters. The van der Waals surface area contributed by atoms with Gasteiger partial charge in [0.25, 0.3) is 0 Å². The molecule has 1 heterocycles. The molecule has 1 aromatic heterocycles. The van der Waals surface area contributed by atoms with E-state index in [-0.39, 0.29) is 0 Å². The van der Waals surface area contributed by atoms with Gasteiger partial charge in [-0.3, -0.25) is 4.98 Å². The molecule has 0 amide bonds. The van der Waals surface area contributed by atoms with Crippen LogP contribution in [0.1, 0.15) is 25.7 Å². The van der Waals surface area contributed by atoms with Gasteiger partial charge in [-0.25, -0.2) is 0 Å². The molecule has 0 aromatic carbocycles. The van der Waals surface area contributed by atoms with E-state index in [9.17, 15) is 0 Å². The molecule has 84 valence electrons. The second kappa shape index (κ2) is 7.65. The summed E-state index contributed by atoms with van der Waals surface area (Å²) in [6, 6.07) is 1.92. The van der Waals surface area contributed by atoms with Crippen molar-refractivity contribution in [3.05, 3.63) is 22.9 Å². The van der Waals surface area contributed by atoms with Crippen LogP contribution >= 0.6 is 15.9 Å². The molecule has 0 bridgehead atoms. The van der Waals surface area contributed by atoms with Gasteiger partial charge >= 0.3 is 0 Å². The Labute approximate surface area is 99.2 Å². The number of hydrogen-bond acceptors (Lipinski definition) is 3. The highest BCUT2D eigenvalue weighted by Crippen LogP contribution is 2.16. The zero-order chi connectivity index (χ0) is 10.9. The lowest BCUT2D eigenvalue weighted by atomic mass is 10.2. The Morgan fingerprint density at radius 1 is 1.20 bits per heavy atom. The van der Waals surface area contributed by atoms with E-state index < -0.39 is 0 Å². The van der Waals surface area contributed by atoms with Gasteiger partial charge < -0.3 is 10.5 Å². The summed E-state index contributed by atoms with van der Waals surface area (Å²) in [6.45, 7) is 1.54. The normalized spacial score (nSPS) is 10.3. The van der Waals surface area contributed by atoms with E-state index in [0.29, 0.717) is 0 Å². The molecule has 0 spiro atoms. The fraction of sp³-hybridized carbons (Fsp3) is 0.545. The topological polar surface area (TPSA) is 48.1 Å². The minimum absolute atomic E-state index is 0.753. The molecule has 0 aliphatic rings. The van der Waals surface area contributed by atoms with Crippen molar-refractivity contribution in [1.82, 2.24) is 4.98 Å². The van der Waals surface area contributed by atoms with Crippen molar-refractivity contribution in [2.45, 2.75) is 25.7 Å². The van der Waals surface area contributed by atoms with Crippen molar-refractivity contribution in [2.24, 2.45) is 5.73 Å². The van der Waals surface area contributed by atoms with Crippen LogP contribution in [-0.2, 0) is 0 Å². The first-order valence-corrected chi connectivity index (χ1v) is 6.05. The van der Waals surface area contributed by atoms with Gasteiger partial charge in [0.1, 0.15) is 5.75 Å². The predicted octanol–water partition coefficient (Wildman–Crippen LogP) is 2.74. The van der Waals surface area contributed by atoms with Gasteiger partial charge in [0.15, 0.2) is 0 Å². The number of rotatable bonds is 7. The van der Waals surface area contributed by atoms with E-state index in [1.54, 1.807) is 12.4 Å². The maximum Gasteiger partial charge on any atom is 0.138 e. The first-order chi connectivity index (χ1) is 7.33. The number of pyridine rings is 1. The third kappa shape index (κ3) is 5.74. The maximum absolute atomic E-state index is 5.54. The minimum atomic E-state index is 0.753. The van der Waals surface area contributed by atoms with Gasteiger partial charge in [0.05, 0.1) is 12.8 Å². The first-order valence-electron chi connectivity index (χ1n) is 5.26. The largest absolute Gasteiger partial charge is 0.492 e. The highest BCUT2D eigenvalue weighted by molar-refractivity contribution is 9.10. The zero-order valence-corrected chi connectivity index (χ0v) is 10.4. The molecule has 1 aromatic rings. The van der Waals surface area contributed by atoms with Crippen LogP contribution in [-0.4, -0.2) is 18.1 Å². The van der Waals surface area contributed by atoms with E-state index >= 15 is 0 Å². The van der Waals surface area contributed by atoms with Crippen molar-refractivity contribution in [3.63, 3.8) is 0 Å². The Balaban J connectivity index is 2.10. The van der Waals surface area contributed by atoms with Gasteiger partial charge in [-0.15, -0.1) is 0 Å². The summed E-state index contributed by atoms with van der Waals surface area (Å²) in [5.41, 5.74) is 5.41. The number of hydrogen-bond donors (Lipinski definition) is 1. The van der Waals surface area contributed by atoms with Crippen LogP contribution < -0.4 is 10.5 Å². The number of nitrogens with zero attached hydrogens (tertiary/aromatic N) is 1. The standard InChI is InChI=1S/C11H17BrN2O/c12-10-7-11(9-14-8-10)15-6-4-2-1-3-5-13/h7-9H,1-6,13H2. The van der Waals surface area contributed by atoms with E-state index in [1.807, 2.05) is 6.07 Å². The maximum atomic E-state index is 5.54. The average molecular weight is 273 g/mol. The van der Waals surface area contributed by atoms with Crippen LogP contribution in [0.15, 0.2) is 22.9 Å². The summed E-state index contributed by atoms with van der Waals surface area (Å²) >= 11 is 3.35. The molecule has 0 saturated heterocycles. The summed E-state index contributed by atoms with van der Waals surface area (Å²) in [5.74, 6) is 0.822. The van der Waals surface area contributed by atoms with Gasteiger partial charge in [-0.05, 0) is 41.4 Å². The quantitative estimate of drug-likeness (QED) is 0.777. The summed E-state index contributed by atoms with van der Waals surface area (Å²) in [4.78, 5) is 4.02. The van der Waals surface area contributed by atoms with Crippen LogP contribution in [0.3, 0.4) is 0 Å². The Kier molecular flexibility index (Phi) is 6.36. The van der Waals surface area contributed by atoms with Gasteiger partial charge in [-0.2, -0.15) is 0 Å². The van der Waals surface area contributed by atoms with Crippen LogP contribution in [0.2, 0.25) is 0 Å². The summed E-state index contributed by atoms with van der Waals surface area (Å²) in [7, 11) is 0. The number of nitrogens with two attached hydrogens (primary N) is 1. The van der Waals surface area contributed by atoms with Gasteiger partial charge in [0.2, 0.25) is 0 Å². The van der Waals surface area contributed by atoms with E-state index in [2.05, 4.69) is 20.9 Å². The lowest BCUT2D eigenvalue weighted by Gasteiger charge is -2.05. The Bertz CT molecular complexity index is 281. The molecule has 1 rings (SSSR count). The molecule has 4 heteroatoms. The molecular formula is C11H17BrN2O. The molecule has 15 heavy (non-hydrogen) atoms. The van der Waals surface area contributed by atoms with E-state index in [0.717, 1.165) is 36.2 Å². The lowest BCUT2D eigenvalue weighted by molar-refractivity contribution is 0.303. The summed E-state index contributed by atoms with van der Waals surface area (Å²) in [5, 5.41) is 0. The van der Waals surface area contributed by atoms with Gasteiger partial charge in [0, 0.05) is 10.7 Å². The summed E-state index contributed by atoms with van der Waals surface area (Å²) < 4.78 is 6.49. The van der Waals surface area contributed by atoms with Crippen LogP contribution in [0.25, 0.3) is 0 Å². The fourth-order valence-electron chi connectivity index (χ4n) is 1.26. The molecule has 0 aliphatic heterocycles. The number of ether oxygens (including phenoxy) is 1. The molecule has 3 nitrogen and oxygen atoms in total. The average Bonchev–Trinajstić information content (AvgIpc) is 2.23. The molecule has 0 saturated carbocycles. The predicted molar refractivity (Wildman–Crippen MR) is 65.0 cm³/mol. The molecular weight excluding hydrogens is 256 g/mol. The van der Waals surface area contributed by atoms with Crippen molar-refractivity contribution in [1.29, 1.82) is 0 Å². The summed E-state index contributed by atoms with van der Waals surface area (Å²) in [6.07, 6.45) is 8.03. The lowest BCUT2D eigenvalue weighted by Crippen LogP contribution is -2.00. The Morgan fingerprint density at radius 2 is 2.00 bits per heavy atom. The van der Waals surface area contributed by atoms with Crippen molar-refractivity contribution >= 4 is 15.9 Å². The highest BCUT2D eigenvalue weighted by Gasteiger charge is 1.95. The third-order valence-corrected chi connectivity index (χ3v) is 2.48. The Morgan fingerprint density at radius 3 is 2.73 bits per heavy atom. The van der Waals surface area contributed by atoms with Crippen molar-refractivity contribution in [2.75, 3.05) is 13.2 Å². The van der Waals surface area contributed by atoms with Crippen molar-refractivity contribution < 1.29 is 4.74 Å².